The summed E-state index contributed by atoms with van der Waals surface area (Å²) in [6.45, 7) is 0.772. The summed E-state index contributed by atoms with van der Waals surface area (Å²) in [5.74, 6) is -1.77. The lowest BCUT2D eigenvalue weighted by Gasteiger charge is -2.35. The van der Waals surface area contributed by atoms with Gasteiger partial charge in [0.2, 0.25) is 15.9 Å². The second-order valence-corrected chi connectivity index (χ2v) is 8.90. The summed E-state index contributed by atoms with van der Waals surface area (Å²) in [4.78, 5) is 40.5. The summed E-state index contributed by atoms with van der Waals surface area (Å²) >= 11 is 0. The summed E-state index contributed by atoms with van der Waals surface area (Å²) in [6.07, 6.45) is 0. The van der Waals surface area contributed by atoms with E-state index in [1.165, 1.54) is 35.2 Å². The number of sulfonamides is 1. The Hall–Kier alpha value is -2.88. The molecule has 0 aromatic heterocycles. The third-order valence-electron chi connectivity index (χ3n) is 5.24. The standard InChI is InChI=1S/C21H20N2O6S/c24-18(22-10-12-29-13-11-22)14-23-19(20(25)15-6-2-1-3-7-15)21(26)16-8-4-5-9-17(16)30(23,27)28/h1-9,19H,10-14H2. The van der Waals surface area contributed by atoms with Gasteiger partial charge in [0, 0.05) is 24.2 Å². The van der Waals surface area contributed by atoms with Gasteiger partial charge in [-0.3, -0.25) is 14.4 Å². The van der Waals surface area contributed by atoms with E-state index in [2.05, 4.69) is 0 Å². The largest absolute Gasteiger partial charge is 0.378 e. The molecule has 0 N–H and O–H groups in total. The quantitative estimate of drug-likeness (QED) is 0.532. The number of benzene rings is 2. The summed E-state index contributed by atoms with van der Waals surface area (Å²) < 4.78 is 32.6. The molecule has 0 spiro atoms. The number of ether oxygens (including phenoxy) is 1. The highest BCUT2D eigenvalue weighted by atomic mass is 32.2. The molecule has 1 unspecified atom stereocenters. The van der Waals surface area contributed by atoms with Gasteiger partial charge in [-0.25, -0.2) is 8.42 Å². The first-order valence-electron chi connectivity index (χ1n) is 9.51. The first-order chi connectivity index (χ1) is 14.4. The van der Waals surface area contributed by atoms with Crippen LogP contribution in [-0.4, -0.2) is 74.0 Å². The van der Waals surface area contributed by atoms with Crippen LogP contribution in [0.4, 0.5) is 0 Å². The van der Waals surface area contributed by atoms with Gasteiger partial charge in [-0.15, -0.1) is 0 Å². The Morgan fingerprint density at radius 2 is 1.60 bits per heavy atom. The van der Waals surface area contributed by atoms with Gasteiger partial charge in [-0.1, -0.05) is 42.5 Å². The van der Waals surface area contributed by atoms with Crippen molar-refractivity contribution >= 4 is 27.5 Å². The van der Waals surface area contributed by atoms with Crippen LogP contribution in [0, 0.1) is 0 Å². The third kappa shape index (κ3) is 3.55. The van der Waals surface area contributed by atoms with E-state index in [1.807, 2.05) is 0 Å². The Morgan fingerprint density at radius 1 is 0.967 bits per heavy atom. The number of Topliss-reactive ketones (excluding diaryl/α,β-unsaturated/α-hetero) is 2. The van der Waals surface area contributed by atoms with Gasteiger partial charge < -0.3 is 9.64 Å². The number of carbonyl (C=O) groups is 3. The van der Waals surface area contributed by atoms with Crippen molar-refractivity contribution in [3.05, 3.63) is 65.7 Å². The van der Waals surface area contributed by atoms with Crippen LogP contribution in [0.1, 0.15) is 20.7 Å². The molecule has 0 saturated carbocycles. The molecule has 2 aliphatic rings. The first kappa shape index (κ1) is 20.4. The van der Waals surface area contributed by atoms with E-state index in [9.17, 15) is 22.8 Å². The predicted octanol–water partition coefficient (Wildman–Crippen LogP) is 0.984. The average molecular weight is 428 g/mol. The highest BCUT2D eigenvalue weighted by Crippen LogP contribution is 2.31. The predicted molar refractivity (Wildman–Crippen MR) is 107 cm³/mol. The van der Waals surface area contributed by atoms with Crippen LogP contribution >= 0.6 is 0 Å². The number of hydrogen-bond donors (Lipinski definition) is 0. The summed E-state index contributed by atoms with van der Waals surface area (Å²) in [5.41, 5.74) is 0.163. The molecule has 1 fully saturated rings. The maximum absolute atomic E-state index is 13.3. The van der Waals surface area contributed by atoms with E-state index >= 15 is 0 Å². The fourth-order valence-corrected chi connectivity index (χ4v) is 5.37. The van der Waals surface area contributed by atoms with Crippen molar-refractivity contribution in [3.8, 4) is 0 Å². The zero-order valence-corrected chi connectivity index (χ0v) is 16.9. The lowest BCUT2D eigenvalue weighted by atomic mass is 9.96. The van der Waals surface area contributed by atoms with Crippen LogP contribution in [-0.2, 0) is 19.6 Å². The Morgan fingerprint density at radius 3 is 2.30 bits per heavy atom. The van der Waals surface area contributed by atoms with E-state index in [0.29, 0.717) is 26.3 Å². The Balaban J connectivity index is 1.77. The van der Waals surface area contributed by atoms with Crippen LogP contribution in [0.3, 0.4) is 0 Å². The van der Waals surface area contributed by atoms with Gasteiger partial charge >= 0.3 is 0 Å². The topological polar surface area (TPSA) is 101 Å². The molecule has 0 aliphatic carbocycles. The van der Waals surface area contributed by atoms with Crippen molar-refractivity contribution in [2.24, 2.45) is 0 Å². The Labute approximate surface area is 174 Å². The molecular formula is C21H20N2O6S. The smallest absolute Gasteiger partial charge is 0.245 e. The highest BCUT2D eigenvalue weighted by molar-refractivity contribution is 7.89. The summed E-state index contributed by atoms with van der Waals surface area (Å²) in [6, 6.07) is 12.1. The normalized spacial score (nSPS) is 21.1. The lowest BCUT2D eigenvalue weighted by molar-refractivity contribution is -0.135. The second-order valence-electron chi connectivity index (χ2n) is 7.04. The number of nitrogens with zero attached hydrogens (tertiary/aromatic N) is 2. The summed E-state index contributed by atoms with van der Waals surface area (Å²) in [7, 11) is -4.24. The maximum atomic E-state index is 13.3. The van der Waals surface area contributed by atoms with Gasteiger partial charge in [0.05, 0.1) is 24.7 Å². The molecule has 0 bridgehead atoms. The molecule has 2 aromatic carbocycles. The molecule has 8 nitrogen and oxygen atoms in total. The SMILES string of the molecule is O=C(c1ccccc1)C1C(=O)c2ccccc2S(=O)(=O)N1CC(=O)N1CCOCC1. The number of fused-ring (bicyclic) bond motifs is 1. The molecule has 2 aliphatic heterocycles. The molecule has 2 aromatic rings. The van der Waals surface area contributed by atoms with E-state index in [4.69, 9.17) is 4.74 Å². The number of carbonyl (C=O) groups excluding carboxylic acids is 3. The fourth-order valence-electron chi connectivity index (χ4n) is 3.67. The van der Waals surface area contributed by atoms with Crippen molar-refractivity contribution in [2.75, 3.05) is 32.8 Å². The van der Waals surface area contributed by atoms with Crippen LogP contribution < -0.4 is 0 Å². The fraction of sp³-hybridized carbons (Fsp3) is 0.286. The molecule has 4 rings (SSSR count). The van der Waals surface area contributed by atoms with Crippen molar-refractivity contribution in [2.45, 2.75) is 10.9 Å². The first-order valence-corrected chi connectivity index (χ1v) is 10.9. The monoisotopic (exact) mass is 428 g/mol. The molecule has 1 atom stereocenters. The lowest BCUT2D eigenvalue weighted by Crippen LogP contribution is -2.57. The van der Waals surface area contributed by atoms with Gasteiger partial charge in [0.15, 0.2) is 17.6 Å². The number of hydrogen-bond acceptors (Lipinski definition) is 6. The third-order valence-corrected chi connectivity index (χ3v) is 7.11. The van der Waals surface area contributed by atoms with E-state index in [0.717, 1.165) is 4.31 Å². The van der Waals surface area contributed by atoms with E-state index in [1.54, 1.807) is 24.3 Å². The minimum Gasteiger partial charge on any atom is -0.378 e. The molecule has 30 heavy (non-hydrogen) atoms. The average Bonchev–Trinajstić information content (AvgIpc) is 2.78. The van der Waals surface area contributed by atoms with Crippen molar-refractivity contribution in [1.82, 2.24) is 9.21 Å². The Kier molecular flexibility index (Phi) is 5.50. The zero-order chi connectivity index (χ0) is 21.3. The molecule has 9 heteroatoms. The van der Waals surface area contributed by atoms with Crippen LogP contribution in [0.15, 0.2) is 59.5 Å². The maximum Gasteiger partial charge on any atom is 0.245 e. The van der Waals surface area contributed by atoms with Gasteiger partial charge in [0.1, 0.15) is 0 Å². The van der Waals surface area contributed by atoms with Crippen LogP contribution in [0.2, 0.25) is 0 Å². The van der Waals surface area contributed by atoms with Crippen molar-refractivity contribution < 1.29 is 27.5 Å². The molecule has 0 radical (unpaired) electrons. The number of ketones is 2. The highest BCUT2D eigenvalue weighted by Gasteiger charge is 2.48. The number of amides is 1. The van der Waals surface area contributed by atoms with Crippen LogP contribution in [0.25, 0.3) is 0 Å². The van der Waals surface area contributed by atoms with Gasteiger partial charge in [-0.05, 0) is 12.1 Å². The number of rotatable bonds is 4. The van der Waals surface area contributed by atoms with E-state index < -0.39 is 40.1 Å². The van der Waals surface area contributed by atoms with Crippen molar-refractivity contribution in [1.29, 1.82) is 0 Å². The number of morpholine rings is 1. The summed E-state index contributed by atoms with van der Waals surface area (Å²) in [5, 5.41) is 0. The molecule has 156 valence electrons. The van der Waals surface area contributed by atoms with Crippen molar-refractivity contribution in [3.63, 3.8) is 0 Å². The molecule has 2 heterocycles. The van der Waals surface area contributed by atoms with Gasteiger partial charge in [-0.2, -0.15) is 4.31 Å². The molecular weight excluding hydrogens is 408 g/mol. The Bertz CT molecular complexity index is 1090. The van der Waals surface area contributed by atoms with Crippen LogP contribution in [0.5, 0.6) is 0 Å². The molecule has 1 amide bonds. The van der Waals surface area contributed by atoms with E-state index in [-0.39, 0.29) is 16.0 Å². The minimum absolute atomic E-state index is 0.0400. The zero-order valence-electron chi connectivity index (χ0n) is 16.1. The minimum atomic E-state index is -4.24. The molecule has 1 saturated heterocycles. The van der Waals surface area contributed by atoms with Gasteiger partial charge in [0.25, 0.3) is 0 Å². The second kappa shape index (κ2) is 8.10.